The minimum absolute atomic E-state index is 0.281. The van der Waals surface area contributed by atoms with Gasteiger partial charge in [-0.2, -0.15) is 4.31 Å². The maximum Gasteiger partial charge on any atom is 0.314 e. The minimum Gasteiger partial charge on any atom is -0.425 e. The Morgan fingerprint density at radius 2 is 1.82 bits per heavy atom. The van der Waals surface area contributed by atoms with Crippen LogP contribution in [0.5, 0.6) is 5.75 Å². The highest BCUT2D eigenvalue weighted by Gasteiger charge is 2.31. The van der Waals surface area contributed by atoms with E-state index in [1.165, 1.54) is 9.71 Å². The molecule has 1 heterocycles. The van der Waals surface area contributed by atoms with Gasteiger partial charge in [0, 0.05) is 23.5 Å². The average molecular weight is 485 g/mol. The third-order valence-electron chi connectivity index (χ3n) is 4.48. The summed E-state index contributed by atoms with van der Waals surface area (Å²) in [5, 5.41) is 1.75. The second-order valence-electron chi connectivity index (χ2n) is 6.43. The van der Waals surface area contributed by atoms with Gasteiger partial charge in [0.2, 0.25) is 10.0 Å². The second kappa shape index (κ2) is 9.22. The molecule has 3 rings (SSSR count). The van der Waals surface area contributed by atoms with Crippen molar-refractivity contribution in [3.05, 3.63) is 69.0 Å². The summed E-state index contributed by atoms with van der Waals surface area (Å²) in [7, 11) is -3.52. The van der Waals surface area contributed by atoms with Crippen molar-refractivity contribution in [3.8, 4) is 5.75 Å². The molecule has 0 saturated carbocycles. The van der Waals surface area contributed by atoms with Gasteiger partial charge >= 0.3 is 5.97 Å². The fraction of sp³-hybridized carbons (Fsp3) is 0.250. The van der Waals surface area contributed by atoms with Crippen LogP contribution in [0, 0.1) is 5.92 Å². The van der Waals surface area contributed by atoms with Crippen LogP contribution in [0.25, 0.3) is 6.08 Å². The summed E-state index contributed by atoms with van der Waals surface area (Å²) in [5.74, 6) is -0.303. The Bertz CT molecular complexity index is 971. The van der Waals surface area contributed by atoms with E-state index in [0.717, 1.165) is 5.56 Å². The summed E-state index contributed by atoms with van der Waals surface area (Å²) >= 11 is 9.20. The van der Waals surface area contributed by atoms with Crippen molar-refractivity contribution < 1.29 is 17.9 Å². The molecule has 8 heteroatoms. The summed E-state index contributed by atoms with van der Waals surface area (Å²) in [6, 6.07) is 14.2. The quantitative estimate of drug-likeness (QED) is 0.455. The number of halogens is 2. The van der Waals surface area contributed by atoms with Crippen LogP contribution in [-0.4, -0.2) is 31.8 Å². The topological polar surface area (TPSA) is 63.7 Å². The first-order chi connectivity index (χ1) is 13.3. The van der Waals surface area contributed by atoms with Gasteiger partial charge in [-0.3, -0.25) is 4.79 Å². The summed E-state index contributed by atoms with van der Waals surface area (Å²) < 4.78 is 32.4. The van der Waals surface area contributed by atoms with Crippen LogP contribution >= 0.6 is 27.5 Å². The van der Waals surface area contributed by atoms with Gasteiger partial charge in [-0.25, -0.2) is 8.42 Å². The van der Waals surface area contributed by atoms with E-state index >= 15 is 0 Å². The van der Waals surface area contributed by atoms with E-state index in [9.17, 15) is 13.2 Å². The molecular formula is C20H19BrClNO4S. The van der Waals surface area contributed by atoms with Crippen LogP contribution in [0.4, 0.5) is 0 Å². The van der Waals surface area contributed by atoms with Crippen LogP contribution in [0.1, 0.15) is 18.4 Å². The normalized spacial score (nSPS) is 16.4. The van der Waals surface area contributed by atoms with Gasteiger partial charge in [-0.15, -0.1) is 0 Å². The number of carbonyl (C=O) groups excluding carboxylic acids is 1. The second-order valence-corrected chi connectivity index (χ2v) is 9.54. The van der Waals surface area contributed by atoms with E-state index in [1.807, 2.05) is 30.3 Å². The van der Waals surface area contributed by atoms with Crippen molar-refractivity contribution in [1.82, 2.24) is 4.31 Å². The molecule has 148 valence electrons. The highest BCUT2D eigenvalue weighted by molar-refractivity contribution is 9.10. The molecule has 0 amide bonds. The predicted octanol–water partition coefficient (Wildman–Crippen LogP) is 4.72. The molecule has 0 atom stereocenters. The minimum atomic E-state index is -3.52. The fourth-order valence-corrected chi connectivity index (χ4v) is 4.90. The lowest BCUT2D eigenvalue weighted by Crippen LogP contribution is -2.40. The zero-order chi connectivity index (χ0) is 20.1. The molecule has 0 aliphatic carbocycles. The molecule has 1 aliphatic heterocycles. The Hall–Kier alpha value is -1.67. The number of nitrogens with zero attached hydrogens (tertiary/aromatic N) is 1. The van der Waals surface area contributed by atoms with Gasteiger partial charge in [0.05, 0.1) is 10.4 Å². The van der Waals surface area contributed by atoms with Crippen molar-refractivity contribution in [3.63, 3.8) is 0 Å². The molecule has 0 radical (unpaired) electrons. The molecule has 5 nitrogen and oxygen atoms in total. The Labute approximate surface area is 178 Å². The number of hydrogen-bond donors (Lipinski definition) is 0. The molecule has 1 saturated heterocycles. The molecule has 1 aliphatic rings. The third kappa shape index (κ3) is 5.44. The lowest BCUT2D eigenvalue weighted by Gasteiger charge is -2.29. The maximum absolute atomic E-state index is 12.5. The number of hydrogen-bond acceptors (Lipinski definition) is 4. The highest BCUT2D eigenvalue weighted by atomic mass is 79.9. The van der Waals surface area contributed by atoms with Crippen molar-refractivity contribution in [1.29, 1.82) is 0 Å². The molecule has 2 aromatic carbocycles. The molecule has 0 unspecified atom stereocenters. The van der Waals surface area contributed by atoms with E-state index in [2.05, 4.69) is 15.9 Å². The lowest BCUT2D eigenvalue weighted by atomic mass is 9.98. The van der Waals surface area contributed by atoms with Gasteiger partial charge in [-0.05, 0) is 58.6 Å². The standard InChI is InChI=1S/C20H19BrClNO4S/c21-18-14-17(22)6-7-19(18)27-20(24)16-8-11-23(12-9-16)28(25,26)13-10-15-4-2-1-3-5-15/h1-7,10,13-14,16H,8-9,11-12H2/b13-10+. The first kappa shape index (κ1) is 21.0. The van der Waals surface area contributed by atoms with Crippen LogP contribution < -0.4 is 4.74 Å². The molecule has 1 fully saturated rings. The van der Waals surface area contributed by atoms with Gasteiger partial charge < -0.3 is 4.74 Å². The zero-order valence-electron chi connectivity index (χ0n) is 14.9. The molecular weight excluding hydrogens is 466 g/mol. The van der Waals surface area contributed by atoms with Crippen molar-refractivity contribution in [2.24, 2.45) is 5.92 Å². The highest BCUT2D eigenvalue weighted by Crippen LogP contribution is 2.30. The number of esters is 1. The van der Waals surface area contributed by atoms with Gasteiger partial charge in [0.25, 0.3) is 0 Å². The summed E-state index contributed by atoms with van der Waals surface area (Å²) in [4.78, 5) is 12.4. The predicted molar refractivity (Wildman–Crippen MR) is 113 cm³/mol. The summed E-state index contributed by atoms with van der Waals surface area (Å²) in [6.45, 7) is 0.562. The Kier molecular flexibility index (Phi) is 6.93. The van der Waals surface area contributed by atoms with Crippen LogP contribution in [0.2, 0.25) is 5.02 Å². The number of sulfonamides is 1. The number of ether oxygens (including phenoxy) is 1. The smallest absolute Gasteiger partial charge is 0.314 e. The first-order valence-corrected chi connectivity index (χ1v) is 11.4. The third-order valence-corrected chi connectivity index (χ3v) is 6.90. The van der Waals surface area contributed by atoms with E-state index < -0.39 is 10.0 Å². The number of benzene rings is 2. The maximum atomic E-state index is 12.5. The van der Waals surface area contributed by atoms with E-state index in [0.29, 0.717) is 28.1 Å². The largest absolute Gasteiger partial charge is 0.425 e. The first-order valence-electron chi connectivity index (χ1n) is 8.75. The molecule has 28 heavy (non-hydrogen) atoms. The monoisotopic (exact) mass is 483 g/mol. The van der Waals surface area contributed by atoms with Gasteiger partial charge in [-0.1, -0.05) is 41.9 Å². The van der Waals surface area contributed by atoms with Crippen molar-refractivity contribution in [2.75, 3.05) is 13.1 Å². The van der Waals surface area contributed by atoms with Crippen molar-refractivity contribution in [2.45, 2.75) is 12.8 Å². The van der Waals surface area contributed by atoms with E-state index in [4.69, 9.17) is 16.3 Å². The van der Waals surface area contributed by atoms with Gasteiger partial charge in [0.15, 0.2) is 0 Å². The van der Waals surface area contributed by atoms with Crippen LogP contribution in [0.3, 0.4) is 0 Å². The molecule has 0 aromatic heterocycles. The van der Waals surface area contributed by atoms with Gasteiger partial charge in [0.1, 0.15) is 5.75 Å². The Morgan fingerprint density at radius 3 is 2.46 bits per heavy atom. The molecule has 0 spiro atoms. The SMILES string of the molecule is O=C(Oc1ccc(Cl)cc1Br)C1CCN(S(=O)(=O)/C=C/c2ccccc2)CC1. The zero-order valence-corrected chi connectivity index (χ0v) is 18.1. The average Bonchev–Trinajstić information content (AvgIpc) is 2.69. The van der Waals surface area contributed by atoms with Crippen molar-refractivity contribution >= 4 is 49.6 Å². The van der Waals surface area contributed by atoms with E-state index in [1.54, 1.807) is 24.3 Å². The van der Waals surface area contributed by atoms with Crippen LogP contribution in [-0.2, 0) is 14.8 Å². The lowest BCUT2D eigenvalue weighted by molar-refractivity contribution is -0.140. The fourth-order valence-electron chi connectivity index (χ4n) is 2.91. The van der Waals surface area contributed by atoms with Crippen LogP contribution in [0.15, 0.2) is 58.4 Å². The number of rotatable bonds is 5. The molecule has 0 N–H and O–H groups in total. The molecule has 2 aromatic rings. The number of piperidine rings is 1. The molecule has 0 bridgehead atoms. The number of carbonyl (C=O) groups is 1. The Balaban J connectivity index is 1.57. The summed E-state index contributed by atoms with van der Waals surface area (Å²) in [6.07, 6.45) is 2.42. The van der Waals surface area contributed by atoms with E-state index in [-0.39, 0.29) is 25.0 Å². The Morgan fingerprint density at radius 1 is 1.14 bits per heavy atom. The summed E-state index contributed by atoms with van der Waals surface area (Å²) in [5.41, 5.74) is 0.818.